The van der Waals surface area contributed by atoms with Gasteiger partial charge in [0.2, 0.25) is 0 Å². The van der Waals surface area contributed by atoms with Gasteiger partial charge in [-0.05, 0) is 5.04 Å². The minimum atomic E-state index is -0.578. The van der Waals surface area contributed by atoms with E-state index >= 15 is 0 Å². The van der Waals surface area contributed by atoms with Gasteiger partial charge in [0.1, 0.15) is 7.42 Å². The minimum Gasteiger partial charge on any atom is -0.130 e. The second-order valence-electron chi connectivity index (χ2n) is 3.62. The molecule has 0 fully saturated rings. The van der Waals surface area contributed by atoms with Crippen molar-refractivity contribution in [1.29, 1.82) is 0 Å². The molecular formula is C7H17BrSi. The Morgan fingerprint density at radius 1 is 1.33 bits per heavy atom. The van der Waals surface area contributed by atoms with Crippen LogP contribution in [0.2, 0.25) is 11.1 Å². The quantitative estimate of drug-likeness (QED) is 0.483. The molecule has 2 heteroatoms. The highest BCUT2D eigenvalue weighted by Gasteiger charge is 2.21. The Morgan fingerprint density at radius 2 is 1.78 bits per heavy atom. The van der Waals surface area contributed by atoms with Crippen molar-refractivity contribution in [3.8, 4) is 0 Å². The monoisotopic (exact) mass is 208 g/mol. The van der Waals surface area contributed by atoms with Crippen molar-refractivity contribution in [2.45, 2.75) is 45.2 Å². The molecule has 0 N–H and O–H groups in total. The SMILES string of the molecule is CCC[SiH](Br)C(C)(C)C. The van der Waals surface area contributed by atoms with Gasteiger partial charge in [0.05, 0.1) is 0 Å². The maximum absolute atomic E-state index is 3.80. The molecule has 0 aromatic rings. The molecule has 1 atom stereocenters. The van der Waals surface area contributed by atoms with E-state index in [-0.39, 0.29) is 0 Å². The zero-order chi connectivity index (χ0) is 7.49. The van der Waals surface area contributed by atoms with Crippen molar-refractivity contribution >= 4 is 22.7 Å². The van der Waals surface area contributed by atoms with Crippen LogP contribution in [0.25, 0.3) is 0 Å². The fraction of sp³-hybridized carbons (Fsp3) is 1.00. The molecule has 0 radical (unpaired) electrons. The Bertz CT molecular complexity index is 75.5. The molecule has 0 aromatic carbocycles. The summed E-state index contributed by atoms with van der Waals surface area (Å²) in [6, 6.07) is 1.42. The van der Waals surface area contributed by atoms with Crippen LogP contribution in [0.1, 0.15) is 34.1 Å². The first-order chi connectivity index (χ1) is 3.98. The maximum Gasteiger partial charge on any atom is 0.120 e. The largest absolute Gasteiger partial charge is 0.130 e. The summed E-state index contributed by atoms with van der Waals surface area (Å²) in [6.45, 7) is 9.24. The van der Waals surface area contributed by atoms with Crippen molar-refractivity contribution in [3.63, 3.8) is 0 Å². The van der Waals surface area contributed by atoms with Crippen LogP contribution in [0.4, 0.5) is 0 Å². The number of halogens is 1. The van der Waals surface area contributed by atoms with E-state index in [9.17, 15) is 0 Å². The van der Waals surface area contributed by atoms with Crippen molar-refractivity contribution in [2.75, 3.05) is 0 Å². The van der Waals surface area contributed by atoms with Crippen molar-refractivity contribution < 1.29 is 0 Å². The lowest BCUT2D eigenvalue weighted by Crippen LogP contribution is -2.17. The zero-order valence-electron chi connectivity index (χ0n) is 6.87. The van der Waals surface area contributed by atoms with Crippen molar-refractivity contribution in [1.82, 2.24) is 0 Å². The second kappa shape index (κ2) is 3.77. The molecule has 0 aliphatic carbocycles. The van der Waals surface area contributed by atoms with Gasteiger partial charge in [0.15, 0.2) is 0 Å². The molecule has 0 aromatic heterocycles. The van der Waals surface area contributed by atoms with E-state index in [1.165, 1.54) is 12.5 Å². The Kier molecular flexibility index (Phi) is 4.06. The molecule has 0 amide bonds. The third-order valence-corrected chi connectivity index (χ3v) is 9.94. The van der Waals surface area contributed by atoms with E-state index in [0.717, 1.165) is 0 Å². The van der Waals surface area contributed by atoms with E-state index in [1.54, 1.807) is 0 Å². The fourth-order valence-corrected chi connectivity index (χ4v) is 3.43. The van der Waals surface area contributed by atoms with Crippen LogP contribution in [0.5, 0.6) is 0 Å². The Labute approximate surface area is 68.2 Å². The third kappa shape index (κ3) is 4.15. The summed E-state index contributed by atoms with van der Waals surface area (Å²) in [7, 11) is -0.578. The molecule has 1 unspecified atom stereocenters. The summed E-state index contributed by atoms with van der Waals surface area (Å²) in [6.07, 6.45) is 1.33. The first-order valence-corrected chi connectivity index (χ1v) is 8.20. The van der Waals surface area contributed by atoms with Gasteiger partial charge in [-0.25, -0.2) is 0 Å². The van der Waals surface area contributed by atoms with E-state index < -0.39 is 7.42 Å². The molecule has 0 heterocycles. The van der Waals surface area contributed by atoms with Crippen LogP contribution in [0, 0.1) is 0 Å². The molecule has 0 aliphatic heterocycles. The van der Waals surface area contributed by atoms with Crippen LogP contribution in [0.3, 0.4) is 0 Å². The summed E-state index contributed by atoms with van der Waals surface area (Å²) < 4.78 is 0. The molecule has 9 heavy (non-hydrogen) atoms. The highest BCUT2D eigenvalue weighted by molar-refractivity contribution is 9.24. The van der Waals surface area contributed by atoms with Crippen LogP contribution in [-0.4, -0.2) is 7.42 Å². The molecule has 0 rings (SSSR count). The van der Waals surface area contributed by atoms with Gasteiger partial charge >= 0.3 is 0 Å². The summed E-state index contributed by atoms with van der Waals surface area (Å²) in [5, 5.41) is 0.565. The van der Waals surface area contributed by atoms with Crippen LogP contribution in [0.15, 0.2) is 0 Å². The highest BCUT2D eigenvalue weighted by Crippen LogP contribution is 2.33. The second-order valence-corrected chi connectivity index (χ2v) is 10.2. The van der Waals surface area contributed by atoms with Gasteiger partial charge in [-0.1, -0.05) is 40.2 Å². The zero-order valence-corrected chi connectivity index (χ0v) is 9.61. The van der Waals surface area contributed by atoms with E-state index in [2.05, 4.69) is 43.0 Å². The van der Waals surface area contributed by atoms with Crippen molar-refractivity contribution in [2.24, 2.45) is 0 Å². The Balaban J connectivity index is 3.59. The summed E-state index contributed by atoms with van der Waals surface area (Å²) in [5.41, 5.74) is 0. The lowest BCUT2D eigenvalue weighted by molar-refractivity contribution is 0.742. The van der Waals surface area contributed by atoms with Crippen molar-refractivity contribution in [3.05, 3.63) is 0 Å². The highest BCUT2D eigenvalue weighted by atomic mass is 79.9. The predicted molar refractivity (Wildman–Crippen MR) is 50.9 cm³/mol. The molecule has 0 aliphatic rings. The van der Waals surface area contributed by atoms with E-state index in [1.807, 2.05) is 0 Å². The molecule has 0 bridgehead atoms. The normalized spacial score (nSPS) is 15.7. The lowest BCUT2D eigenvalue weighted by Gasteiger charge is -2.23. The first kappa shape index (κ1) is 9.70. The molecule has 56 valence electrons. The average molecular weight is 209 g/mol. The topological polar surface area (TPSA) is 0 Å². The number of hydrogen-bond acceptors (Lipinski definition) is 0. The van der Waals surface area contributed by atoms with Crippen LogP contribution < -0.4 is 0 Å². The number of rotatable bonds is 2. The lowest BCUT2D eigenvalue weighted by atomic mass is 10.2. The summed E-state index contributed by atoms with van der Waals surface area (Å²) >= 11 is 3.80. The standard InChI is InChI=1S/C7H17BrSi/c1-5-6-9(8)7(2,3)4/h9H,5-6H2,1-4H3. The maximum atomic E-state index is 3.80. The molecular weight excluding hydrogens is 192 g/mol. The van der Waals surface area contributed by atoms with Gasteiger partial charge in [-0.3, -0.25) is 0 Å². The van der Waals surface area contributed by atoms with Gasteiger partial charge in [-0.15, -0.1) is 15.3 Å². The molecule has 0 spiro atoms. The molecule has 0 nitrogen and oxygen atoms in total. The minimum absolute atomic E-state index is 0.565. The summed E-state index contributed by atoms with van der Waals surface area (Å²) in [4.78, 5) is 0. The molecule has 0 saturated heterocycles. The summed E-state index contributed by atoms with van der Waals surface area (Å²) in [5.74, 6) is 0. The fourth-order valence-electron chi connectivity index (χ4n) is 0.686. The van der Waals surface area contributed by atoms with Gasteiger partial charge < -0.3 is 0 Å². The van der Waals surface area contributed by atoms with Gasteiger partial charge in [0, 0.05) is 0 Å². The Hall–Kier alpha value is 0.697. The van der Waals surface area contributed by atoms with E-state index in [4.69, 9.17) is 0 Å². The number of hydrogen-bond donors (Lipinski definition) is 0. The Morgan fingerprint density at radius 3 is 1.89 bits per heavy atom. The first-order valence-electron chi connectivity index (χ1n) is 3.62. The smallest absolute Gasteiger partial charge is 0.120 e. The van der Waals surface area contributed by atoms with E-state index in [0.29, 0.717) is 5.04 Å². The third-order valence-electron chi connectivity index (χ3n) is 1.48. The van der Waals surface area contributed by atoms with Gasteiger partial charge in [-0.2, -0.15) is 0 Å². The predicted octanol–water partition coefficient (Wildman–Crippen LogP) is 3.32. The van der Waals surface area contributed by atoms with Gasteiger partial charge in [0.25, 0.3) is 0 Å². The average Bonchev–Trinajstić information content (AvgIpc) is 1.64. The molecule has 0 saturated carbocycles. The van der Waals surface area contributed by atoms with Crippen LogP contribution >= 0.6 is 15.3 Å². The van der Waals surface area contributed by atoms with Crippen LogP contribution in [-0.2, 0) is 0 Å².